The minimum absolute atomic E-state index is 0.113. The number of aromatic carboxylic acids is 1. The molecule has 4 rings (SSSR count). The minimum Gasteiger partial charge on any atom is -0.478 e. The van der Waals surface area contributed by atoms with Gasteiger partial charge in [-0.3, -0.25) is 4.79 Å². The van der Waals surface area contributed by atoms with Crippen LogP contribution in [0.3, 0.4) is 0 Å². The second kappa shape index (κ2) is 6.99. The Morgan fingerprint density at radius 3 is 2.68 bits per heavy atom. The number of hydrogen-bond donors (Lipinski definition) is 3. The summed E-state index contributed by atoms with van der Waals surface area (Å²) in [6, 6.07) is 4.54. The molecular formula is C21H20N2O5. The Kier molecular flexibility index (Phi) is 4.50. The van der Waals surface area contributed by atoms with Crippen molar-refractivity contribution in [1.29, 1.82) is 0 Å². The number of carbonyl (C=O) groups is 3. The van der Waals surface area contributed by atoms with Crippen LogP contribution in [0, 0.1) is 0 Å². The topological polar surface area (TPSA) is 108 Å². The summed E-state index contributed by atoms with van der Waals surface area (Å²) in [4.78, 5) is 39.3. The van der Waals surface area contributed by atoms with E-state index in [0.29, 0.717) is 28.2 Å². The number of aromatic nitrogens is 1. The zero-order valence-electron chi connectivity index (χ0n) is 15.4. The molecule has 0 unspecified atom stereocenters. The molecule has 2 heterocycles. The minimum atomic E-state index is -1.05. The van der Waals surface area contributed by atoms with Crippen molar-refractivity contribution in [3.05, 3.63) is 51.8 Å². The third kappa shape index (κ3) is 2.98. The summed E-state index contributed by atoms with van der Waals surface area (Å²) in [6.07, 6.45) is 5.32. The van der Waals surface area contributed by atoms with Gasteiger partial charge in [-0.2, -0.15) is 0 Å². The second-order valence-electron chi connectivity index (χ2n) is 6.88. The Labute approximate surface area is 161 Å². The lowest BCUT2D eigenvalue weighted by Crippen LogP contribution is -2.10. The number of carbonyl (C=O) groups excluding carboxylic acids is 2. The Morgan fingerprint density at radius 2 is 1.96 bits per heavy atom. The van der Waals surface area contributed by atoms with Gasteiger partial charge in [0.15, 0.2) is 0 Å². The highest BCUT2D eigenvalue weighted by Gasteiger charge is 2.28. The number of ether oxygens (including phenoxy) is 1. The SMILES string of the molecule is CCOC(=O)c1[nH]c(/C=C2\C(=O)Nc3ccc(C(=O)O)cc32)c2c1CCCC2. The second-order valence-corrected chi connectivity index (χ2v) is 6.88. The molecule has 3 N–H and O–H groups in total. The van der Waals surface area contributed by atoms with E-state index in [1.165, 1.54) is 12.1 Å². The molecule has 1 aliphatic heterocycles. The van der Waals surface area contributed by atoms with Crippen molar-refractivity contribution in [2.75, 3.05) is 11.9 Å². The van der Waals surface area contributed by atoms with Gasteiger partial charge in [0.25, 0.3) is 5.91 Å². The number of esters is 1. The Bertz CT molecular complexity index is 1030. The van der Waals surface area contributed by atoms with E-state index in [2.05, 4.69) is 10.3 Å². The van der Waals surface area contributed by atoms with E-state index in [1.54, 1.807) is 19.1 Å². The molecular weight excluding hydrogens is 360 g/mol. The highest BCUT2D eigenvalue weighted by molar-refractivity contribution is 6.35. The summed E-state index contributed by atoms with van der Waals surface area (Å²) >= 11 is 0. The lowest BCUT2D eigenvalue weighted by atomic mass is 9.91. The summed E-state index contributed by atoms with van der Waals surface area (Å²) < 4.78 is 5.16. The van der Waals surface area contributed by atoms with Crippen molar-refractivity contribution in [1.82, 2.24) is 4.98 Å². The normalized spacial score (nSPS) is 16.5. The van der Waals surface area contributed by atoms with Gasteiger partial charge in [0, 0.05) is 16.9 Å². The van der Waals surface area contributed by atoms with Crippen molar-refractivity contribution in [2.24, 2.45) is 0 Å². The standard InChI is InChI=1S/C21H20N2O5/c1-2-28-21(27)18-13-6-4-3-5-12(13)17(22-18)10-15-14-9-11(20(25)26)7-8-16(14)23-19(15)24/h7-10,22H,2-6H2,1H3,(H,23,24)(H,25,26)/b15-10-. The predicted molar refractivity (Wildman–Crippen MR) is 103 cm³/mol. The number of carboxylic acid groups (broad SMARTS) is 1. The van der Waals surface area contributed by atoms with Gasteiger partial charge >= 0.3 is 11.9 Å². The van der Waals surface area contributed by atoms with Crippen molar-refractivity contribution in [3.63, 3.8) is 0 Å². The van der Waals surface area contributed by atoms with Crippen LogP contribution in [0.25, 0.3) is 11.6 Å². The fourth-order valence-electron chi connectivity index (χ4n) is 3.87. The quantitative estimate of drug-likeness (QED) is 0.557. The van der Waals surface area contributed by atoms with Crippen LogP contribution in [-0.2, 0) is 22.4 Å². The van der Waals surface area contributed by atoms with E-state index in [-0.39, 0.29) is 18.1 Å². The molecule has 0 atom stereocenters. The van der Waals surface area contributed by atoms with Crippen molar-refractivity contribution < 1.29 is 24.2 Å². The number of nitrogens with one attached hydrogen (secondary N) is 2. The molecule has 28 heavy (non-hydrogen) atoms. The third-order valence-electron chi connectivity index (χ3n) is 5.17. The summed E-state index contributed by atoms with van der Waals surface area (Å²) in [5.41, 5.74) is 4.74. The highest BCUT2D eigenvalue weighted by Crippen LogP contribution is 2.36. The smallest absolute Gasteiger partial charge is 0.355 e. The molecule has 0 spiro atoms. The third-order valence-corrected chi connectivity index (χ3v) is 5.17. The zero-order chi connectivity index (χ0) is 19.8. The van der Waals surface area contributed by atoms with Gasteiger partial charge in [0.1, 0.15) is 5.69 Å². The average Bonchev–Trinajstić information content (AvgIpc) is 3.20. The van der Waals surface area contributed by atoms with Crippen LogP contribution < -0.4 is 5.32 Å². The maximum Gasteiger partial charge on any atom is 0.355 e. The van der Waals surface area contributed by atoms with Gasteiger partial charge in [-0.1, -0.05) is 0 Å². The summed E-state index contributed by atoms with van der Waals surface area (Å²) in [5, 5.41) is 12.0. The average molecular weight is 380 g/mol. The number of hydrogen-bond acceptors (Lipinski definition) is 4. The van der Waals surface area contributed by atoms with Gasteiger partial charge in [-0.25, -0.2) is 9.59 Å². The fraction of sp³-hybridized carbons (Fsp3) is 0.286. The van der Waals surface area contributed by atoms with E-state index in [4.69, 9.17) is 4.74 Å². The van der Waals surface area contributed by atoms with Crippen LogP contribution >= 0.6 is 0 Å². The first kappa shape index (κ1) is 18.0. The lowest BCUT2D eigenvalue weighted by molar-refractivity contribution is -0.110. The lowest BCUT2D eigenvalue weighted by Gasteiger charge is -2.13. The largest absolute Gasteiger partial charge is 0.478 e. The monoisotopic (exact) mass is 380 g/mol. The van der Waals surface area contributed by atoms with Gasteiger partial charge in [-0.15, -0.1) is 0 Å². The van der Waals surface area contributed by atoms with Gasteiger partial charge < -0.3 is 20.1 Å². The van der Waals surface area contributed by atoms with Crippen LogP contribution in [-0.4, -0.2) is 34.5 Å². The van der Waals surface area contributed by atoms with Crippen LogP contribution in [0.2, 0.25) is 0 Å². The van der Waals surface area contributed by atoms with Gasteiger partial charge in [-0.05, 0) is 68.0 Å². The van der Waals surface area contributed by atoms with E-state index >= 15 is 0 Å². The van der Waals surface area contributed by atoms with E-state index in [0.717, 1.165) is 36.8 Å². The summed E-state index contributed by atoms with van der Waals surface area (Å²) in [6.45, 7) is 2.05. The number of anilines is 1. The predicted octanol–water partition coefficient (Wildman–Crippen LogP) is 3.26. The molecule has 0 fully saturated rings. The number of H-pyrrole nitrogens is 1. The molecule has 7 nitrogen and oxygen atoms in total. The number of fused-ring (bicyclic) bond motifs is 2. The van der Waals surface area contributed by atoms with Crippen molar-refractivity contribution in [3.8, 4) is 0 Å². The number of benzene rings is 1. The molecule has 0 bridgehead atoms. The first-order chi connectivity index (χ1) is 13.5. The Balaban J connectivity index is 1.82. The zero-order valence-corrected chi connectivity index (χ0v) is 15.4. The molecule has 1 aliphatic carbocycles. The maximum absolute atomic E-state index is 12.5. The first-order valence-corrected chi connectivity index (χ1v) is 9.31. The number of rotatable bonds is 4. The summed E-state index contributed by atoms with van der Waals surface area (Å²) in [5.74, 6) is -1.74. The maximum atomic E-state index is 12.5. The Hall–Kier alpha value is -3.35. The van der Waals surface area contributed by atoms with Crippen LogP contribution in [0.5, 0.6) is 0 Å². The molecule has 2 aliphatic rings. The molecule has 0 saturated carbocycles. The van der Waals surface area contributed by atoms with E-state index in [1.807, 2.05) is 0 Å². The number of carboxylic acids is 1. The molecule has 1 aromatic heterocycles. The molecule has 2 aromatic rings. The molecule has 0 saturated heterocycles. The molecule has 0 radical (unpaired) electrons. The van der Waals surface area contributed by atoms with Crippen LogP contribution in [0.4, 0.5) is 5.69 Å². The van der Waals surface area contributed by atoms with Crippen LogP contribution in [0.1, 0.15) is 63.0 Å². The molecule has 1 amide bonds. The van der Waals surface area contributed by atoms with Gasteiger partial charge in [0.05, 0.1) is 17.7 Å². The molecule has 144 valence electrons. The van der Waals surface area contributed by atoms with Crippen LogP contribution in [0.15, 0.2) is 18.2 Å². The van der Waals surface area contributed by atoms with Crippen molar-refractivity contribution >= 4 is 35.2 Å². The van der Waals surface area contributed by atoms with Crippen molar-refractivity contribution in [2.45, 2.75) is 32.6 Å². The molecule has 7 heteroatoms. The fourth-order valence-corrected chi connectivity index (χ4v) is 3.87. The van der Waals surface area contributed by atoms with Gasteiger partial charge in [0.2, 0.25) is 0 Å². The summed E-state index contributed by atoms with van der Waals surface area (Å²) in [7, 11) is 0. The number of amides is 1. The molecule has 1 aromatic carbocycles. The number of aromatic amines is 1. The van der Waals surface area contributed by atoms with E-state index < -0.39 is 11.9 Å². The van der Waals surface area contributed by atoms with E-state index in [9.17, 15) is 19.5 Å². The highest BCUT2D eigenvalue weighted by atomic mass is 16.5. The first-order valence-electron chi connectivity index (χ1n) is 9.31. The Morgan fingerprint density at radius 1 is 1.21 bits per heavy atom.